The number of rotatable bonds is 3. The Morgan fingerprint density at radius 1 is 1.35 bits per heavy atom. The van der Waals surface area contributed by atoms with Crippen molar-refractivity contribution in [3.63, 3.8) is 0 Å². The second kappa shape index (κ2) is 5.77. The highest BCUT2D eigenvalue weighted by Gasteiger charge is 2.32. The predicted molar refractivity (Wildman–Crippen MR) is 86.2 cm³/mol. The van der Waals surface area contributed by atoms with Crippen LogP contribution in [0.2, 0.25) is 0 Å². The van der Waals surface area contributed by atoms with Crippen LogP contribution in [0.4, 0.5) is 5.69 Å². The lowest BCUT2D eigenvalue weighted by Gasteiger charge is -2.10. The van der Waals surface area contributed by atoms with E-state index in [1.165, 1.54) is 0 Å². The Hall–Kier alpha value is -2.22. The summed E-state index contributed by atoms with van der Waals surface area (Å²) in [5, 5.41) is 7.07. The molecule has 7 nitrogen and oxygen atoms in total. The lowest BCUT2D eigenvalue weighted by molar-refractivity contribution is -0.119. The van der Waals surface area contributed by atoms with Crippen LogP contribution in [0.3, 0.4) is 0 Å². The molecule has 2 aromatic heterocycles. The monoisotopic (exact) mass is 334 g/mol. The normalized spacial score (nSPS) is 19.7. The van der Waals surface area contributed by atoms with Gasteiger partial charge in [0.1, 0.15) is 0 Å². The zero-order chi connectivity index (χ0) is 16.6. The number of aromatic nitrogens is 3. The van der Waals surface area contributed by atoms with Crippen molar-refractivity contribution < 1.29 is 13.2 Å². The van der Waals surface area contributed by atoms with Gasteiger partial charge in [0.05, 0.1) is 35.0 Å². The van der Waals surface area contributed by atoms with E-state index in [1.54, 1.807) is 23.0 Å². The first-order valence-electron chi connectivity index (χ1n) is 7.35. The smallest absolute Gasteiger partial charge is 0.228 e. The first-order valence-corrected chi connectivity index (χ1v) is 9.17. The first kappa shape index (κ1) is 15.7. The minimum atomic E-state index is -3.07. The number of carbonyl (C=O) groups is 1. The van der Waals surface area contributed by atoms with Crippen molar-refractivity contribution in [2.24, 2.45) is 5.92 Å². The summed E-state index contributed by atoms with van der Waals surface area (Å²) in [6.07, 6.45) is 1.93. The van der Waals surface area contributed by atoms with Crippen molar-refractivity contribution in [1.82, 2.24) is 14.8 Å². The molecule has 2 aromatic rings. The molecule has 0 aliphatic carbocycles. The van der Waals surface area contributed by atoms with Gasteiger partial charge in [0, 0.05) is 5.69 Å². The van der Waals surface area contributed by atoms with Crippen molar-refractivity contribution in [3.8, 4) is 5.82 Å². The number of nitrogens with zero attached hydrogens (tertiary/aromatic N) is 3. The van der Waals surface area contributed by atoms with Gasteiger partial charge in [-0.15, -0.1) is 0 Å². The van der Waals surface area contributed by atoms with Gasteiger partial charge in [-0.05, 0) is 38.5 Å². The molecule has 23 heavy (non-hydrogen) atoms. The van der Waals surface area contributed by atoms with Crippen LogP contribution in [0.15, 0.2) is 24.4 Å². The van der Waals surface area contributed by atoms with Gasteiger partial charge in [-0.3, -0.25) is 4.79 Å². The predicted octanol–water partition coefficient (Wildman–Crippen LogP) is 1.26. The Balaban J connectivity index is 1.71. The summed E-state index contributed by atoms with van der Waals surface area (Å²) in [6, 6.07) is 5.46. The molecule has 3 heterocycles. The van der Waals surface area contributed by atoms with E-state index >= 15 is 0 Å². The highest BCUT2D eigenvalue weighted by molar-refractivity contribution is 7.91. The van der Waals surface area contributed by atoms with Crippen molar-refractivity contribution >= 4 is 21.4 Å². The fourth-order valence-electron chi connectivity index (χ4n) is 2.69. The Morgan fingerprint density at radius 3 is 2.65 bits per heavy atom. The number of aryl methyl sites for hydroxylation is 2. The van der Waals surface area contributed by atoms with Crippen molar-refractivity contribution in [1.29, 1.82) is 0 Å². The van der Waals surface area contributed by atoms with Crippen molar-refractivity contribution in [2.75, 3.05) is 16.8 Å². The molecular weight excluding hydrogens is 316 g/mol. The van der Waals surface area contributed by atoms with Crippen LogP contribution in [0.1, 0.15) is 17.8 Å². The number of anilines is 1. The molecule has 1 N–H and O–H groups in total. The van der Waals surface area contributed by atoms with Gasteiger partial charge in [0.2, 0.25) is 5.91 Å². The molecule has 1 aliphatic rings. The first-order chi connectivity index (χ1) is 10.8. The molecule has 0 saturated carbocycles. The van der Waals surface area contributed by atoms with Gasteiger partial charge in [0.25, 0.3) is 0 Å². The summed E-state index contributed by atoms with van der Waals surface area (Å²) in [5.41, 5.74) is 2.43. The molecule has 122 valence electrons. The van der Waals surface area contributed by atoms with Crippen LogP contribution in [0, 0.1) is 19.8 Å². The van der Waals surface area contributed by atoms with Crippen LogP contribution in [-0.2, 0) is 14.6 Å². The van der Waals surface area contributed by atoms with E-state index < -0.39 is 15.8 Å². The average Bonchev–Trinajstić information content (AvgIpc) is 3.01. The topological polar surface area (TPSA) is 94.0 Å². The average molecular weight is 334 g/mol. The second-order valence-corrected chi connectivity index (χ2v) is 8.06. The van der Waals surface area contributed by atoms with Gasteiger partial charge in [-0.25, -0.2) is 18.1 Å². The summed E-state index contributed by atoms with van der Waals surface area (Å²) >= 11 is 0. The molecule has 1 amide bonds. The lowest BCUT2D eigenvalue weighted by Crippen LogP contribution is -2.23. The Labute approximate surface area is 134 Å². The Bertz CT molecular complexity index is 840. The fraction of sp³-hybridized carbons (Fsp3) is 0.400. The van der Waals surface area contributed by atoms with Crippen LogP contribution in [0.25, 0.3) is 5.82 Å². The van der Waals surface area contributed by atoms with E-state index in [1.807, 2.05) is 19.9 Å². The minimum absolute atomic E-state index is 0.0733. The Morgan fingerprint density at radius 2 is 2.13 bits per heavy atom. The summed E-state index contributed by atoms with van der Waals surface area (Å²) in [7, 11) is -3.07. The van der Waals surface area contributed by atoms with E-state index in [4.69, 9.17) is 0 Å². The van der Waals surface area contributed by atoms with Crippen LogP contribution < -0.4 is 5.32 Å². The molecule has 8 heteroatoms. The molecule has 0 unspecified atom stereocenters. The molecule has 0 aromatic carbocycles. The number of nitrogens with one attached hydrogen (secondary N) is 1. The molecule has 1 atom stereocenters. The minimum Gasteiger partial charge on any atom is -0.324 e. The van der Waals surface area contributed by atoms with E-state index in [2.05, 4.69) is 15.4 Å². The largest absolute Gasteiger partial charge is 0.324 e. The third-order valence-corrected chi connectivity index (χ3v) is 5.61. The molecule has 3 rings (SSSR count). The number of hydrogen-bond donors (Lipinski definition) is 1. The van der Waals surface area contributed by atoms with Crippen LogP contribution in [-0.4, -0.2) is 40.6 Å². The maximum absolute atomic E-state index is 12.1. The summed E-state index contributed by atoms with van der Waals surface area (Å²) in [5.74, 6) is -0.0736. The maximum atomic E-state index is 12.1. The molecule has 1 aliphatic heterocycles. The third kappa shape index (κ3) is 3.42. The molecule has 0 bridgehead atoms. The summed E-state index contributed by atoms with van der Waals surface area (Å²) < 4.78 is 24.6. The van der Waals surface area contributed by atoms with E-state index in [-0.39, 0.29) is 17.4 Å². The highest BCUT2D eigenvalue weighted by atomic mass is 32.2. The maximum Gasteiger partial charge on any atom is 0.228 e. The standard InChI is InChI=1S/C15H18N4O3S/c1-10-7-11(2)19(18-10)14-4-3-13(8-16-14)17-15(20)12-5-6-23(21,22)9-12/h3-4,7-8,12H,5-6,9H2,1-2H3,(H,17,20)/t12-/m0/s1. The summed E-state index contributed by atoms with van der Waals surface area (Å²) in [6.45, 7) is 3.85. The van der Waals surface area contributed by atoms with Gasteiger partial charge in [0.15, 0.2) is 15.7 Å². The van der Waals surface area contributed by atoms with Gasteiger partial charge >= 0.3 is 0 Å². The summed E-state index contributed by atoms with van der Waals surface area (Å²) in [4.78, 5) is 16.4. The van der Waals surface area contributed by atoms with Gasteiger partial charge in [-0.1, -0.05) is 0 Å². The van der Waals surface area contributed by atoms with Crippen LogP contribution >= 0.6 is 0 Å². The SMILES string of the molecule is Cc1cc(C)n(-c2ccc(NC(=O)[C@H]3CCS(=O)(=O)C3)cn2)n1. The van der Waals surface area contributed by atoms with E-state index in [0.29, 0.717) is 17.9 Å². The Kier molecular flexibility index (Phi) is 3.93. The van der Waals surface area contributed by atoms with Gasteiger partial charge < -0.3 is 5.32 Å². The molecule has 1 saturated heterocycles. The third-order valence-electron chi connectivity index (χ3n) is 3.85. The van der Waals surface area contributed by atoms with Gasteiger partial charge in [-0.2, -0.15) is 5.10 Å². The number of hydrogen-bond acceptors (Lipinski definition) is 5. The van der Waals surface area contributed by atoms with E-state index in [9.17, 15) is 13.2 Å². The quantitative estimate of drug-likeness (QED) is 0.912. The number of amides is 1. The molecular formula is C15H18N4O3S. The highest BCUT2D eigenvalue weighted by Crippen LogP contribution is 2.20. The van der Waals surface area contributed by atoms with Crippen molar-refractivity contribution in [2.45, 2.75) is 20.3 Å². The number of carbonyl (C=O) groups excluding carboxylic acids is 1. The zero-order valence-electron chi connectivity index (χ0n) is 13.0. The van der Waals surface area contributed by atoms with Crippen LogP contribution in [0.5, 0.6) is 0 Å². The molecule has 0 radical (unpaired) electrons. The lowest BCUT2D eigenvalue weighted by atomic mass is 10.1. The van der Waals surface area contributed by atoms with Crippen molar-refractivity contribution in [3.05, 3.63) is 35.8 Å². The number of sulfone groups is 1. The molecule has 1 fully saturated rings. The number of pyridine rings is 1. The zero-order valence-corrected chi connectivity index (χ0v) is 13.8. The van der Waals surface area contributed by atoms with E-state index in [0.717, 1.165) is 11.4 Å². The second-order valence-electron chi connectivity index (χ2n) is 5.83. The fourth-order valence-corrected chi connectivity index (χ4v) is 4.43. The molecule has 0 spiro atoms.